The van der Waals surface area contributed by atoms with Crippen molar-refractivity contribution in [3.05, 3.63) is 29.7 Å². The molecular formula is C16H22FN3O. The first-order valence-corrected chi connectivity index (χ1v) is 7.42. The molecular weight excluding hydrogens is 269 g/mol. The van der Waals surface area contributed by atoms with Gasteiger partial charge in [-0.1, -0.05) is 0 Å². The van der Waals surface area contributed by atoms with Crippen LogP contribution < -0.4 is 4.90 Å². The molecule has 21 heavy (non-hydrogen) atoms. The van der Waals surface area contributed by atoms with E-state index in [0.717, 1.165) is 48.2 Å². The Kier molecular flexibility index (Phi) is 4.12. The van der Waals surface area contributed by atoms with Crippen molar-refractivity contribution in [1.82, 2.24) is 9.88 Å². The van der Waals surface area contributed by atoms with Crippen LogP contribution in [0, 0.1) is 5.82 Å². The second-order valence-electron chi connectivity index (χ2n) is 5.82. The van der Waals surface area contributed by atoms with E-state index >= 15 is 0 Å². The lowest BCUT2D eigenvalue weighted by Gasteiger charge is -2.29. The lowest BCUT2D eigenvalue weighted by Crippen LogP contribution is -2.36. The number of rotatable bonds is 4. The number of halogens is 1. The van der Waals surface area contributed by atoms with Crippen LogP contribution in [0.1, 0.15) is 5.56 Å². The SMILES string of the molecule is CN(C)CCc1c[nH]c2cc(N3CCOCC3)cc(F)c12. The van der Waals surface area contributed by atoms with Crippen LogP contribution in [0.2, 0.25) is 0 Å². The summed E-state index contributed by atoms with van der Waals surface area (Å²) in [6, 6.07) is 3.70. The van der Waals surface area contributed by atoms with Gasteiger partial charge in [-0.15, -0.1) is 0 Å². The minimum atomic E-state index is -0.135. The minimum absolute atomic E-state index is 0.135. The van der Waals surface area contributed by atoms with Gasteiger partial charge in [-0.05, 0) is 38.2 Å². The summed E-state index contributed by atoms with van der Waals surface area (Å²) in [6.45, 7) is 3.97. The monoisotopic (exact) mass is 291 g/mol. The Bertz CT molecular complexity index is 617. The highest BCUT2D eigenvalue weighted by Gasteiger charge is 2.16. The summed E-state index contributed by atoms with van der Waals surface area (Å²) < 4.78 is 19.9. The summed E-state index contributed by atoms with van der Waals surface area (Å²) in [5.74, 6) is -0.135. The highest BCUT2D eigenvalue weighted by atomic mass is 19.1. The van der Waals surface area contributed by atoms with Crippen LogP contribution in [0.15, 0.2) is 18.3 Å². The van der Waals surface area contributed by atoms with Crippen LogP contribution >= 0.6 is 0 Å². The lowest BCUT2D eigenvalue weighted by molar-refractivity contribution is 0.122. The van der Waals surface area contributed by atoms with Crippen molar-refractivity contribution in [1.29, 1.82) is 0 Å². The van der Waals surface area contributed by atoms with Gasteiger partial charge in [-0.2, -0.15) is 0 Å². The molecule has 1 aliphatic rings. The molecule has 1 aromatic heterocycles. The molecule has 3 rings (SSSR count). The third kappa shape index (κ3) is 3.04. The Hall–Kier alpha value is -1.59. The molecule has 1 aliphatic heterocycles. The summed E-state index contributed by atoms with van der Waals surface area (Å²) in [7, 11) is 4.06. The van der Waals surface area contributed by atoms with E-state index in [-0.39, 0.29) is 5.82 Å². The fourth-order valence-corrected chi connectivity index (χ4v) is 2.81. The van der Waals surface area contributed by atoms with Gasteiger partial charge in [-0.3, -0.25) is 0 Å². The van der Waals surface area contributed by atoms with E-state index in [1.54, 1.807) is 6.07 Å². The van der Waals surface area contributed by atoms with E-state index in [0.29, 0.717) is 13.2 Å². The maximum Gasteiger partial charge on any atom is 0.134 e. The van der Waals surface area contributed by atoms with Gasteiger partial charge < -0.3 is 19.5 Å². The van der Waals surface area contributed by atoms with Crippen LogP contribution in [0.25, 0.3) is 10.9 Å². The van der Waals surface area contributed by atoms with E-state index in [1.807, 2.05) is 26.4 Å². The molecule has 0 bridgehead atoms. The number of ether oxygens (including phenoxy) is 1. The number of H-pyrrole nitrogens is 1. The molecule has 2 heterocycles. The molecule has 0 atom stereocenters. The third-order valence-electron chi connectivity index (χ3n) is 4.00. The van der Waals surface area contributed by atoms with E-state index in [4.69, 9.17) is 4.74 Å². The average molecular weight is 291 g/mol. The highest BCUT2D eigenvalue weighted by Crippen LogP contribution is 2.28. The minimum Gasteiger partial charge on any atom is -0.378 e. The molecule has 1 N–H and O–H groups in total. The van der Waals surface area contributed by atoms with E-state index in [1.165, 1.54) is 0 Å². The number of likely N-dealkylation sites (N-methyl/N-ethyl adjacent to an activating group) is 1. The second kappa shape index (κ2) is 6.03. The van der Waals surface area contributed by atoms with Crippen LogP contribution in [0.3, 0.4) is 0 Å². The Morgan fingerprint density at radius 3 is 2.76 bits per heavy atom. The van der Waals surface area contributed by atoms with E-state index in [9.17, 15) is 4.39 Å². The Balaban J connectivity index is 1.90. The van der Waals surface area contributed by atoms with Gasteiger partial charge in [0, 0.05) is 36.9 Å². The van der Waals surface area contributed by atoms with Gasteiger partial charge in [0.2, 0.25) is 0 Å². The summed E-state index contributed by atoms with van der Waals surface area (Å²) >= 11 is 0. The number of hydrogen-bond donors (Lipinski definition) is 1. The molecule has 0 amide bonds. The second-order valence-corrected chi connectivity index (χ2v) is 5.82. The molecule has 114 valence electrons. The number of anilines is 1. The zero-order chi connectivity index (χ0) is 14.8. The van der Waals surface area contributed by atoms with Gasteiger partial charge in [0.25, 0.3) is 0 Å². The van der Waals surface area contributed by atoms with Crippen molar-refractivity contribution in [3.63, 3.8) is 0 Å². The zero-order valence-electron chi connectivity index (χ0n) is 12.7. The largest absolute Gasteiger partial charge is 0.378 e. The first-order valence-electron chi connectivity index (χ1n) is 7.42. The first kappa shape index (κ1) is 14.4. The van der Waals surface area contributed by atoms with Crippen molar-refractivity contribution in [2.45, 2.75) is 6.42 Å². The molecule has 1 saturated heterocycles. The van der Waals surface area contributed by atoms with Crippen molar-refractivity contribution >= 4 is 16.6 Å². The Labute approximate surface area is 124 Å². The molecule has 0 saturated carbocycles. The summed E-state index contributed by atoms with van der Waals surface area (Å²) in [4.78, 5) is 7.50. The molecule has 0 spiro atoms. The van der Waals surface area contributed by atoms with Gasteiger partial charge in [0.05, 0.1) is 18.7 Å². The smallest absolute Gasteiger partial charge is 0.134 e. The predicted octanol–water partition coefficient (Wildman–Crippen LogP) is 2.25. The number of benzene rings is 1. The molecule has 0 radical (unpaired) electrons. The van der Waals surface area contributed by atoms with Crippen molar-refractivity contribution in [3.8, 4) is 0 Å². The van der Waals surface area contributed by atoms with E-state index < -0.39 is 0 Å². The van der Waals surface area contributed by atoms with Gasteiger partial charge >= 0.3 is 0 Å². The number of aromatic amines is 1. The number of hydrogen-bond acceptors (Lipinski definition) is 3. The van der Waals surface area contributed by atoms with Crippen LogP contribution in [-0.4, -0.2) is 56.8 Å². The Morgan fingerprint density at radius 1 is 1.29 bits per heavy atom. The van der Waals surface area contributed by atoms with Gasteiger partial charge in [0.15, 0.2) is 0 Å². The average Bonchev–Trinajstić information content (AvgIpc) is 2.89. The van der Waals surface area contributed by atoms with Crippen molar-refractivity contribution < 1.29 is 9.13 Å². The van der Waals surface area contributed by atoms with Crippen LogP contribution in [0.4, 0.5) is 10.1 Å². The highest BCUT2D eigenvalue weighted by molar-refractivity contribution is 5.87. The van der Waals surface area contributed by atoms with E-state index in [2.05, 4.69) is 14.8 Å². The fraction of sp³-hybridized carbons (Fsp3) is 0.500. The molecule has 4 nitrogen and oxygen atoms in total. The maximum atomic E-state index is 14.5. The molecule has 1 fully saturated rings. The number of nitrogens with one attached hydrogen (secondary N) is 1. The van der Waals surface area contributed by atoms with Crippen molar-refractivity contribution in [2.24, 2.45) is 0 Å². The van der Waals surface area contributed by atoms with Gasteiger partial charge in [-0.25, -0.2) is 4.39 Å². The van der Waals surface area contributed by atoms with Gasteiger partial charge in [0.1, 0.15) is 5.82 Å². The Morgan fingerprint density at radius 2 is 2.05 bits per heavy atom. The molecule has 1 aromatic carbocycles. The number of nitrogens with zero attached hydrogens (tertiary/aromatic N) is 2. The van der Waals surface area contributed by atoms with Crippen LogP contribution in [0.5, 0.6) is 0 Å². The van der Waals surface area contributed by atoms with Crippen molar-refractivity contribution in [2.75, 3.05) is 51.8 Å². The zero-order valence-corrected chi connectivity index (χ0v) is 12.7. The lowest BCUT2D eigenvalue weighted by atomic mass is 10.1. The molecule has 5 heteroatoms. The maximum absolute atomic E-state index is 14.5. The first-order chi connectivity index (χ1) is 10.1. The molecule has 0 aliphatic carbocycles. The van der Waals surface area contributed by atoms with Crippen LogP contribution in [-0.2, 0) is 11.2 Å². The number of fused-ring (bicyclic) bond motifs is 1. The quantitative estimate of drug-likeness (QED) is 0.937. The number of morpholine rings is 1. The summed E-state index contributed by atoms with van der Waals surface area (Å²) in [6.07, 6.45) is 2.78. The standard InChI is InChI=1S/C16H22FN3O/c1-19(2)4-3-12-11-18-15-10-13(9-14(17)16(12)15)20-5-7-21-8-6-20/h9-11,18H,3-8H2,1-2H3. The predicted molar refractivity (Wildman–Crippen MR) is 83.5 cm³/mol. The fourth-order valence-electron chi connectivity index (χ4n) is 2.81. The topological polar surface area (TPSA) is 31.5 Å². The normalized spacial score (nSPS) is 16.1. The summed E-state index contributed by atoms with van der Waals surface area (Å²) in [5.41, 5.74) is 2.86. The number of aromatic nitrogens is 1. The molecule has 2 aromatic rings. The molecule has 0 unspecified atom stereocenters. The third-order valence-corrected chi connectivity index (χ3v) is 4.00. The summed E-state index contributed by atoms with van der Waals surface area (Å²) in [5, 5.41) is 0.730.